The van der Waals surface area contributed by atoms with Gasteiger partial charge in [0.1, 0.15) is 36.2 Å². The molecule has 0 fully saturated rings. The van der Waals surface area contributed by atoms with Crippen molar-refractivity contribution in [1.29, 1.82) is 0 Å². The van der Waals surface area contributed by atoms with Crippen LogP contribution in [0.25, 0.3) is 0 Å². The molecule has 0 unspecified atom stereocenters. The Hall–Kier alpha value is -5.00. The molecule has 0 saturated carbocycles. The number of benzene rings is 3. The number of ether oxygens (including phenoxy) is 3. The molecule has 12 heteroatoms. The van der Waals surface area contributed by atoms with Crippen molar-refractivity contribution in [3.8, 4) is 17.2 Å². The number of nitro groups is 1. The Bertz CT molecular complexity index is 1390. The van der Waals surface area contributed by atoms with Gasteiger partial charge < -0.3 is 24.4 Å². The van der Waals surface area contributed by atoms with Crippen LogP contribution in [0.2, 0.25) is 0 Å². The Morgan fingerprint density at radius 2 is 1.67 bits per heavy atom. The Balaban J connectivity index is 1.49. The molecule has 11 nitrogen and oxygen atoms in total. The van der Waals surface area contributed by atoms with Crippen molar-refractivity contribution in [2.45, 2.75) is 19.9 Å². The molecule has 1 aliphatic heterocycles. The summed E-state index contributed by atoms with van der Waals surface area (Å²) in [4.78, 5) is 50.0. The van der Waals surface area contributed by atoms with Crippen LogP contribution in [-0.4, -0.2) is 47.0 Å². The van der Waals surface area contributed by atoms with E-state index in [0.717, 1.165) is 0 Å². The topological polar surface area (TPSA) is 137 Å². The molecule has 2 amide bonds. The van der Waals surface area contributed by atoms with Crippen LogP contribution in [0, 0.1) is 21.8 Å². The highest BCUT2D eigenvalue weighted by molar-refractivity contribution is 6.09. The van der Waals surface area contributed by atoms with Gasteiger partial charge in [-0.15, -0.1) is 0 Å². The van der Waals surface area contributed by atoms with Gasteiger partial charge in [-0.2, -0.15) is 0 Å². The maximum absolute atomic E-state index is 13.6. The molecule has 1 N–H and O–H groups in total. The van der Waals surface area contributed by atoms with E-state index in [2.05, 4.69) is 5.32 Å². The van der Waals surface area contributed by atoms with Crippen molar-refractivity contribution in [3.05, 3.63) is 88.2 Å². The fourth-order valence-corrected chi connectivity index (χ4v) is 3.91. The Labute approximate surface area is 222 Å². The number of rotatable bonds is 8. The van der Waals surface area contributed by atoms with Crippen LogP contribution in [0.5, 0.6) is 17.2 Å². The van der Waals surface area contributed by atoms with E-state index in [0.29, 0.717) is 17.2 Å². The lowest BCUT2D eigenvalue weighted by molar-refractivity contribution is -0.384. The van der Waals surface area contributed by atoms with E-state index in [-0.39, 0.29) is 36.1 Å². The number of hydrogen-bond acceptors (Lipinski definition) is 8. The summed E-state index contributed by atoms with van der Waals surface area (Å²) >= 11 is 0. The highest BCUT2D eigenvalue weighted by atomic mass is 19.1. The maximum atomic E-state index is 13.6. The molecule has 3 aromatic rings. The second-order valence-corrected chi connectivity index (χ2v) is 8.97. The molecule has 1 atom stereocenters. The lowest BCUT2D eigenvalue weighted by atomic mass is 10.0. The monoisotopic (exact) mass is 537 g/mol. The zero-order valence-corrected chi connectivity index (χ0v) is 21.0. The number of fused-ring (bicyclic) bond motifs is 1. The molecule has 0 saturated heterocycles. The molecule has 1 aliphatic rings. The summed E-state index contributed by atoms with van der Waals surface area (Å²) < 4.78 is 29.3. The quantitative estimate of drug-likeness (QED) is 0.180. The van der Waals surface area contributed by atoms with Crippen LogP contribution in [0.3, 0.4) is 0 Å². The summed E-state index contributed by atoms with van der Waals surface area (Å²) in [5.74, 6) is -0.871. The van der Waals surface area contributed by atoms with Gasteiger partial charge in [0, 0.05) is 12.1 Å². The molecule has 39 heavy (non-hydrogen) atoms. The van der Waals surface area contributed by atoms with E-state index < -0.39 is 34.8 Å². The second-order valence-electron chi connectivity index (χ2n) is 8.97. The third-order valence-corrected chi connectivity index (χ3v) is 5.91. The average Bonchev–Trinajstić information content (AvgIpc) is 3.01. The first-order valence-corrected chi connectivity index (χ1v) is 11.9. The van der Waals surface area contributed by atoms with Gasteiger partial charge in [0.25, 0.3) is 11.6 Å². The minimum absolute atomic E-state index is 0.0412. The number of amides is 2. The molecule has 0 spiro atoms. The number of nitrogens with zero attached hydrogens (tertiary/aromatic N) is 2. The van der Waals surface area contributed by atoms with Crippen LogP contribution < -0.4 is 14.8 Å². The molecular formula is C27H24FN3O8. The van der Waals surface area contributed by atoms with E-state index >= 15 is 0 Å². The number of carbonyl (C=O) groups is 3. The van der Waals surface area contributed by atoms with Crippen molar-refractivity contribution < 1.29 is 37.9 Å². The Kier molecular flexibility index (Phi) is 8.04. The predicted octanol–water partition coefficient (Wildman–Crippen LogP) is 5.16. The largest absolute Gasteiger partial charge is 0.513 e. The van der Waals surface area contributed by atoms with Gasteiger partial charge in [0.15, 0.2) is 0 Å². The van der Waals surface area contributed by atoms with Crippen LogP contribution in [0.1, 0.15) is 24.2 Å². The molecule has 0 aliphatic carbocycles. The predicted molar refractivity (Wildman–Crippen MR) is 136 cm³/mol. The van der Waals surface area contributed by atoms with Crippen molar-refractivity contribution in [2.24, 2.45) is 5.92 Å². The number of anilines is 1. The molecular weight excluding hydrogens is 513 g/mol. The first-order valence-electron chi connectivity index (χ1n) is 11.9. The van der Waals surface area contributed by atoms with Crippen molar-refractivity contribution >= 4 is 29.3 Å². The van der Waals surface area contributed by atoms with Gasteiger partial charge in [-0.3, -0.25) is 19.7 Å². The first kappa shape index (κ1) is 27.0. The summed E-state index contributed by atoms with van der Waals surface area (Å²) in [5, 5.41) is 13.5. The molecule has 202 valence electrons. The van der Waals surface area contributed by atoms with Crippen LogP contribution >= 0.6 is 0 Å². The number of nitrogens with one attached hydrogen (secondary N) is 1. The maximum Gasteiger partial charge on any atom is 0.513 e. The Morgan fingerprint density at radius 3 is 2.31 bits per heavy atom. The van der Waals surface area contributed by atoms with Gasteiger partial charge in [-0.1, -0.05) is 13.8 Å². The van der Waals surface area contributed by atoms with E-state index in [4.69, 9.17) is 14.2 Å². The van der Waals surface area contributed by atoms with Crippen molar-refractivity contribution in [3.63, 3.8) is 0 Å². The van der Waals surface area contributed by atoms with Gasteiger partial charge >= 0.3 is 6.16 Å². The third kappa shape index (κ3) is 6.66. The van der Waals surface area contributed by atoms with Gasteiger partial charge in [0.05, 0.1) is 22.2 Å². The molecule has 0 aromatic heterocycles. The fraction of sp³-hybridized carbons (Fsp3) is 0.222. The number of hydrogen-bond donors (Lipinski definition) is 1. The molecule has 4 rings (SSSR count). The fourth-order valence-electron chi connectivity index (χ4n) is 3.91. The minimum atomic E-state index is -1.07. The van der Waals surface area contributed by atoms with Gasteiger partial charge in [-0.25, -0.2) is 9.18 Å². The van der Waals surface area contributed by atoms with E-state index in [9.17, 15) is 28.9 Å². The molecule has 0 bridgehead atoms. The molecule has 3 aromatic carbocycles. The summed E-state index contributed by atoms with van der Waals surface area (Å²) in [6, 6.07) is 14.1. The van der Waals surface area contributed by atoms with Crippen LogP contribution in [-0.2, 0) is 9.53 Å². The van der Waals surface area contributed by atoms with Crippen LogP contribution in [0.4, 0.5) is 20.6 Å². The molecule has 0 radical (unpaired) electrons. The van der Waals surface area contributed by atoms with Crippen LogP contribution in [0.15, 0.2) is 66.7 Å². The number of non-ortho nitro benzene ring substituents is 1. The summed E-state index contributed by atoms with van der Waals surface area (Å²) in [7, 11) is 0. The van der Waals surface area contributed by atoms with Gasteiger partial charge in [-0.05, 0) is 60.5 Å². The highest BCUT2D eigenvalue weighted by Crippen LogP contribution is 2.30. The highest BCUT2D eigenvalue weighted by Gasteiger charge is 2.34. The zero-order chi connectivity index (χ0) is 28.1. The number of carbonyl (C=O) groups excluding carboxylic acids is 3. The summed E-state index contributed by atoms with van der Waals surface area (Å²) in [5.41, 5.74) is 0.291. The summed E-state index contributed by atoms with van der Waals surface area (Å²) in [6.45, 7) is 3.05. The minimum Gasteiger partial charge on any atom is -0.457 e. The van der Waals surface area contributed by atoms with E-state index in [1.165, 1.54) is 65.6 Å². The SMILES string of the molecule is CC(C)[C@H](COC(=O)Oc1ccc([N+](=O)[O-])cc1)N1CC(=O)Nc2ccc(Oc3ccc(F)cc3)cc2C1=O. The third-order valence-electron chi connectivity index (χ3n) is 5.91. The smallest absolute Gasteiger partial charge is 0.457 e. The Morgan fingerprint density at radius 1 is 1.03 bits per heavy atom. The van der Waals surface area contributed by atoms with E-state index in [1.54, 1.807) is 19.9 Å². The summed E-state index contributed by atoms with van der Waals surface area (Å²) in [6.07, 6.45) is -1.07. The van der Waals surface area contributed by atoms with Gasteiger partial charge in [0.2, 0.25) is 5.91 Å². The average molecular weight is 538 g/mol. The second kappa shape index (κ2) is 11.6. The van der Waals surface area contributed by atoms with Crippen molar-refractivity contribution in [1.82, 2.24) is 4.90 Å². The molecule has 1 heterocycles. The van der Waals surface area contributed by atoms with Crippen molar-refractivity contribution in [2.75, 3.05) is 18.5 Å². The standard InChI is InChI=1S/C27H24FN3O8/c1-16(2)24(15-37-27(34)39-20-9-5-18(6-10-20)31(35)36)30-14-25(32)29-23-12-11-21(13-22(23)26(30)33)38-19-7-3-17(28)4-8-19/h3-13,16,24H,14-15H2,1-2H3,(H,29,32)/t24-/m0/s1. The van der Waals surface area contributed by atoms with E-state index in [1.807, 2.05) is 0 Å². The normalized spacial score (nSPS) is 13.7. The lowest BCUT2D eigenvalue weighted by Gasteiger charge is -2.32. The zero-order valence-electron chi connectivity index (χ0n) is 21.0. The lowest BCUT2D eigenvalue weighted by Crippen LogP contribution is -2.48. The number of nitro benzene ring substituents is 1. The number of halogens is 1. The first-order chi connectivity index (χ1) is 18.6.